The standard InChI is InChI=1S/C33H43N13O2/c1-5-44(6-2)32-42-30(41-31(43-32)38-19-23-12-9-11-22(17-23)18-37-29(34)35)36-15-10-16-45-28(47)26-27(40-33(45)48)46(20-21(3)4)25-14-8-7-13-24(25)39-26/h7-9,11-14,17,21H,5-6,10,15-16,18-20H2,1-4H3,(H4,34,35,37)(H2,36,38,41,42,43). The number of rotatable bonds is 15. The van der Waals surface area contributed by atoms with E-state index in [1.54, 1.807) is 0 Å². The number of anilines is 3. The molecule has 0 fully saturated rings. The number of para-hydroxylation sites is 2. The molecular formula is C33H43N13O2. The second kappa shape index (κ2) is 15.3. The molecule has 2 aliphatic rings. The van der Waals surface area contributed by atoms with Crippen molar-refractivity contribution in [3.8, 4) is 11.5 Å². The fraction of sp³-hybridized carbons (Fsp3) is 0.394. The highest BCUT2D eigenvalue weighted by atomic mass is 16.2. The molecular weight excluding hydrogens is 610 g/mol. The second-order valence-electron chi connectivity index (χ2n) is 11.8. The van der Waals surface area contributed by atoms with Crippen molar-refractivity contribution in [3.63, 3.8) is 0 Å². The maximum absolute atomic E-state index is 13.6. The van der Waals surface area contributed by atoms with Gasteiger partial charge in [-0.15, -0.1) is 0 Å². The molecule has 0 spiro atoms. The number of nitrogens with one attached hydrogen (secondary N) is 2. The van der Waals surface area contributed by atoms with Gasteiger partial charge in [-0.3, -0.25) is 9.36 Å². The molecule has 15 nitrogen and oxygen atoms in total. The summed E-state index contributed by atoms with van der Waals surface area (Å²) in [7, 11) is 0. The summed E-state index contributed by atoms with van der Waals surface area (Å²) in [6.45, 7) is 11.7. The first-order valence-electron chi connectivity index (χ1n) is 16.2. The van der Waals surface area contributed by atoms with Gasteiger partial charge in [0.05, 0.1) is 17.6 Å². The minimum atomic E-state index is -0.597. The first-order valence-corrected chi connectivity index (χ1v) is 16.2. The van der Waals surface area contributed by atoms with Crippen molar-refractivity contribution in [2.24, 2.45) is 22.4 Å². The van der Waals surface area contributed by atoms with Crippen LogP contribution in [0, 0.1) is 5.92 Å². The molecule has 0 unspecified atom stereocenters. The van der Waals surface area contributed by atoms with E-state index in [-0.39, 0.29) is 24.1 Å². The van der Waals surface area contributed by atoms with Gasteiger partial charge in [-0.25, -0.2) is 14.8 Å². The third kappa shape index (κ3) is 8.03. The lowest BCUT2D eigenvalue weighted by molar-refractivity contribution is 0.525. The summed E-state index contributed by atoms with van der Waals surface area (Å²) in [6.07, 6.45) is 0.444. The van der Waals surface area contributed by atoms with Crippen LogP contribution in [-0.4, -0.2) is 59.6 Å². The van der Waals surface area contributed by atoms with Crippen LogP contribution in [0.3, 0.4) is 0 Å². The van der Waals surface area contributed by atoms with E-state index in [0.29, 0.717) is 61.8 Å². The average Bonchev–Trinajstić information content (AvgIpc) is 3.07. The summed E-state index contributed by atoms with van der Waals surface area (Å²) in [5.41, 5.74) is 13.6. The number of hydrogen-bond acceptors (Lipinski definition) is 11. The molecule has 0 saturated heterocycles. The van der Waals surface area contributed by atoms with Gasteiger partial charge in [0.15, 0.2) is 17.5 Å². The fourth-order valence-electron chi connectivity index (χ4n) is 5.38. The first-order chi connectivity index (χ1) is 23.2. The largest absolute Gasteiger partial charge is 0.370 e. The maximum atomic E-state index is 13.6. The van der Waals surface area contributed by atoms with Crippen molar-refractivity contribution < 1.29 is 0 Å². The topological polar surface area (TPSA) is 200 Å². The van der Waals surface area contributed by atoms with Crippen LogP contribution in [0.15, 0.2) is 63.1 Å². The normalized spacial score (nSPS) is 11.3. The quantitative estimate of drug-likeness (QED) is 0.0558. The van der Waals surface area contributed by atoms with Crippen LogP contribution in [0.2, 0.25) is 0 Å². The smallest absolute Gasteiger partial charge is 0.352 e. The SMILES string of the molecule is CCN(CC)c1nc(NCCCn2c(=O)nc3n(CC(C)C)c4ccccc4nc-3c2=O)nc(NCc2cccc(CN=C(N)N)c2)n1. The summed E-state index contributed by atoms with van der Waals surface area (Å²) in [5, 5.41) is 6.54. The van der Waals surface area contributed by atoms with E-state index in [2.05, 4.69) is 54.4 Å². The molecule has 2 aromatic carbocycles. The van der Waals surface area contributed by atoms with Crippen LogP contribution in [0.25, 0.3) is 22.6 Å². The van der Waals surface area contributed by atoms with Crippen LogP contribution < -0.4 is 38.2 Å². The third-order valence-corrected chi connectivity index (χ3v) is 7.70. The highest BCUT2D eigenvalue weighted by Gasteiger charge is 2.22. The lowest BCUT2D eigenvalue weighted by atomic mass is 10.1. The van der Waals surface area contributed by atoms with E-state index in [0.717, 1.165) is 34.3 Å². The predicted octanol–water partition coefficient (Wildman–Crippen LogP) is 2.63. The Bertz CT molecular complexity index is 1980. The molecule has 15 heteroatoms. The summed E-state index contributed by atoms with van der Waals surface area (Å²) < 4.78 is 3.06. The molecule has 5 rings (SSSR count). The minimum absolute atomic E-state index is 0.0441. The van der Waals surface area contributed by atoms with Gasteiger partial charge in [-0.05, 0) is 49.4 Å². The molecule has 6 N–H and O–H groups in total. The molecule has 0 atom stereocenters. The number of hydrogen-bond donors (Lipinski definition) is 4. The highest BCUT2D eigenvalue weighted by Crippen LogP contribution is 2.22. The van der Waals surface area contributed by atoms with Crippen LogP contribution in [0.1, 0.15) is 45.2 Å². The van der Waals surface area contributed by atoms with Gasteiger partial charge in [-0.1, -0.05) is 50.2 Å². The number of guanidine groups is 1. The zero-order chi connectivity index (χ0) is 34.2. The van der Waals surface area contributed by atoms with E-state index >= 15 is 0 Å². The van der Waals surface area contributed by atoms with Crippen molar-refractivity contribution >= 4 is 34.8 Å². The van der Waals surface area contributed by atoms with E-state index in [1.807, 2.05) is 71.8 Å². The van der Waals surface area contributed by atoms with Crippen LogP contribution in [-0.2, 0) is 26.2 Å². The van der Waals surface area contributed by atoms with E-state index in [9.17, 15) is 9.59 Å². The van der Waals surface area contributed by atoms with Gasteiger partial charge in [0.25, 0.3) is 5.56 Å². The van der Waals surface area contributed by atoms with Crippen molar-refractivity contribution in [2.45, 2.75) is 60.3 Å². The molecule has 48 heavy (non-hydrogen) atoms. The molecule has 0 radical (unpaired) electrons. The van der Waals surface area contributed by atoms with Gasteiger partial charge in [0.2, 0.25) is 17.8 Å². The monoisotopic (exact) mass is 653 g/mol. The minimum Gasteiger partial charge on any atom is -0.370 e. The predicted molar refractivity (Wildman–Crippen MR) is 189 cm³/mol. The van der Waals surface area contributed by atoms with E-state index < -0.39 is 11.2 Å². The lowest BCUT2D eigenvalue weighted by Gasteiger charge is -2.20. The highest BCUT2D eigenvalue weighted by molar-refractivity contribution is 5.79. The molecule has 2 aliphatic heterocycles. The van der Waals surface area contributed by atoms with Crippen molar-refractivity contribution in [1.82, 2.24) is 34.1 Å². The number of nitrogens with two attached hydrogens (primary N) is 2. The van der Waals surface area contributed by atoms with Gasteiger partial charge >= 0.3 is 5.69 Å². The van der Waals surface area contributed by atoms with Crippen molar-refractivity contribution in [3.05, 3.63) is 80.5 Å². The second-order valence-corrected chi connectivity index (χ2v) is 11.8. The number of fused-ring (bicyclic) bond motifs is 2. The van der Waals surface area contributed by atoms with Gasteiger partial charge in [-0.2, -0.15) is 19.9 Å². The molecule has 0 saturated carbocycles. The number of aromatic nitrogens is 7. The van der Waals surface area contributed by atoms with Crippen molar-refractivity contribution in [1.29, 1.82) is 0 Å². The number of benzene rings is 2. The van der Waals surface area contributed by atoms with Gasteiger partial charge < -0.3 is 31.6 Å². The molecule has 0 amide bonds. The Morgan fingerprint density at radius 3 is 2.35 bits per heavy atom. The Labute approximate surface area is 278 Å². The first kappa shape index (κ1) is 33.8. The fourth-order valence-corrected chi connectivity index (χ4v) is 5.38. The Balaban J connectivity index is 1.32. The molecule has 252 valence electrons. The van der Waals surface area contributed by atoms with Crippen LogP contribution in [0.5, 0.6) is 0 Å². The summed E-state index contributed by atoms with van der Waals surface area (Å²) in [6, 6.07) is 15.5. The number of nitrogens with zero attached hydrogens (tertiary/aromatic N) is 9. The molecule has 0 aliphatic carbocycles. The third-order valence-electron chi connectivity index (χ3n) is 7.70. The Morgan fingerprint density at radius 2 is 1.62 bits per heavy atom. The summed E-state index contributed by atoms with van der Waals surface area (Å²) in [4.78, 5) is 55.6. The van der Waals surface area contributed by atoms with Gasteiger partial charge in [0.1, 0.15) is 0 Å². The maximum Gasteiger partial charge on any atom is 0.352 e. The Kier molecular flexibility index (Phi) is 10.8. The van der Waals surface area contributed by atoms with Gasteiger partial charge in [0, 0.05) is 39.3 Å². The van der Waals surface area contributed by atoms with Crippen LogP contribution in [0.4, 0.5) is 17.8 Å². The summed E-state index contributed by atoms with van der Waals surface area (Å²) in [5.74, 6) is 1.95. The van der Waals surface area contributed by atoms with Crippen LogP contribution >= 0.6 is 0 Å². The molecule has 0 bridgehead atoms. The van der Waals surface area contributed by atoms with E-state index in [1.165, 1.54) is 0 Å². The zero-order valence-electron chi connectivity index (χ0n) is 27.8. The molecule has 1 aromatic heterocycles. The zero-order valence-corrected chi connectivity index (χ0v) is 27.8. The number of aliphatic imine (C=N–C) groups is 1. The van der Waals surface area contributed by atoms with E-state index in [4.69, 9.17) is 11.5 Å². The Hall–Kier alpha value is -5.60. The van der Waals surface area contributed by atoms with Crippen molar-refractivity contribution in [2.75, 3.05) is 35.2 Å². The lowest BCUT2D eigenvalue weighted by Crippen LogP contribution is -2.39. The molecule has 3 aromatic rings. The molecule has 3 heterocycles. The average molecular weight is 654 g/mol. The Morgan fingerprint density at radius 1 is 0.896 bits per heavy atom. The summed E-state index contributed by atoms with van der Waals surface area (Å²) >= 11 is 0.